The Hall–Kier alpha value is -0.0800. The number of aliphatic hydroxyl groups excluding tert-OH is 1. The molecule has 0 aromatic rings. The molecule has 0 aliphatic heterocycles. The smallest absolute Gasteiger partial charge is 0.0688 e. The molecule has 0 amide bonds. The summed E-state index contributed by atoms with van der Waals surface area (Å²) in [5, 5.41) is 9.50. The topological polar surface area (TPSA) is 46.2 Å². The SMILES string of the molecule is CCCCCCCCCCC[C@H](O)[C@@H](C)N. The van der Waals surface area contributed by atoms with Crippen molar-refractivity contribution >= 4 is 0 Å². The lowest BCUT2D eigenvalue weighted by Gasteiger charge is -2.13. The monoisotopic (exact) mass is 229 g/mol. The van der Waals surface area contributed by atoms with Crippen LogP contribution in [0, 0.1) is 0 Å². The fraction of sp³-hybridized carbons (Fsp3) is 1.00. The second-order valence-corrected chi connectivity index (χ2v) is 5.04. The average molecular weight is 229 g/mol. The van der Waals surface area contributed by atoms with Gasteiger partial charge in [0, 0.05) is 6.04 Å². The molecule has 0 spiro atoms. The maximum Gasteiger partial charge on any atom is 0.0688 e. The van der Waals surface area contributed by atoms with Gasteiger partial charge in [-0.25, -0.2) is 0 Å². The summed E-state index contributed by atoms with van der Waals surface area (Å²) in [6, 6.07) is -0.0750. The fourth-order valence-electron chi connectivity index (χ4n) is 1.93. The number of nitrogens with two attached hydrogens (primary N) is 1. The van der Waals surface area contributed by atoms with Crippen LogP contribution in [0.5, 0.6) is 0 Å². The van der Waals surface area contributed by atoms with Gasteiger partial charge in [0.25, 0.3) is 0 Å². The molecule has 0 radical (unpaired) electrons. The van der Waals surface area contributed by atoms with E-state index in [0.717, 1.165) is 12.8 Å². The first-order valence-corrected chi connectivity index (χ1v) is 7.12. The number of hydrogen-bond acceptors (Lipinski definition) is 2. The Balaban J connectivity index is 3.04. The highest BCUT2D eigenvalue weighted by Crippen LogP contribution is 2.11. The third-order valence-corrected chi connectivity index (χ3v) is 3.21. The van der Waals surface area contributed by atoms with Crippen LogP contribution in [0.4, 0.5) is 0 Å². The Morgan fingerprint density at radius 2 is 1.31 bits per heavy atom. The van der Waals surface area contributed by atoms with E-state index in [9.17, 15) is 5.11 Å². The first-order chi connectivity index (χ1) is 7.68. The zero-order valence-electron chi connectivity index (χ0n) is 11.3. The lowest BCUT2D eigenvalue weighted by Crippen LogP contribution is -2.31. The van der Waals surface area contributed by atoms with Crippen LogP contribution in [0.2, 0.25) is 0 Å². The first kappa shape index (κ1) is 15.9. The molecule has 0 saturated heterocycles. The molecule has 0 bridgehead atoms. The third-order valence-electron chi connectivity index (χ3n) is 3.21. The number of unbranched alkanes of at least 4 members (excludes halogenated alkanes) is 8. The van der Waals surface area contributed by atoms with Crippen LogP contribution in [0.3, 0.4) is 0 Å². The van der Waals surface area contributed by atoms with Crippen molar-refractivity contribution in [2.45, 2.75) is 90.2 Å². The predicted molar refractivity (Wildman–Crippen MR) is 71.5 cm³/mol. The van der Waals surface area contributed by atoms with Gasteiger partial charge in [0.15, 0.2) is 0 Å². The molecule has 0 aliphatic rings. The zero-order chi connectivity index (χ0) is 12.2. The zero-order valence-corrected chi connectivity index (χ0v) is 11.3. The lowest BCUT2D eigenvalue weighted by atomic mass is 10.0. The van der Waals surface area contributed by atoms with Crippen molar-refractivity contribution in [2.24, 2.45) is 5.73 Å². The van der Waals surface area contributed by atoms with E-state index in [-0.39, 0.29) is 12.1 Å². The van der Waals surface area contributed by atoms with E-state index in [1.807, 2.05) is 6.92 Å². The average Bonchev–Trinajstić information content (AvgIpc) is 2.26. The van der Waals surface area contributed by atoms with Gasteiger partial charge in [0.1, 0.15) is 0 Å². The summed E-state index contributed by atoms with van der Waals surface area (Å²) in [4.78, 5) is 0. The van der Waals surface area contributed by atoms with Gasteiger partial charge < -0.3 is 10.8 Å². The normalized spacial score (nSPS) is 15.0. The van der Waals surface area contributed by atoms with Crippen LogP contribution in [-0.2, 0) is 0 Å². The number of hydrogen-bond donors (Lipinski definition) is 2. The highest BCUT2D eigenvalue weighted by molar-refractivity contribution is 4.65. The Labute approximate surface area is 102 Å². The van der Waals surface area contributed by atoms with Crippen molar-refractivity contribution in [1.29, 1.82) is 0 Å². The highest BCUT2D eigenvalue weighted by atomic mass is 16.3. The van der Waals surface area contributed by atoms with Crippen LogP contribution in [0.1, 0.15) is 78.1 Å². The van der Waals surface area contributed by atoms with E-state index < -0.39 is 0 Å². The van der Waals surface area contributed by atoms with Crippen molar-refractivity contribution in [3.05, 3.63) is 0 Å². The van der Waals surface area contributed by atoms with E-state index >= 15 is 0 Å². The van der Waals surface area contributed by atoms with Crippen molar-refractivity contribution in [1.82, 2.24) is 0 Å². The molecule has 0 aromatic heterocycles. The minimum atomic E-state index is -0.301. The van der Waals surface area contributed by atoms with Gasteiger partial charge in [-0.15, -0.1) is 0 Å². The van der Waals surface area contributed by atoms with Crippen molar-refractivity contribution in [3.63, 3.8) is 0 Å². The van der Waals surface area contributed by atoms with E-state index in [4.69, 9.17) is 5.73 Å². The minimum Gasteiger partial charge on any atom is -0.392 e. The van der Waals surface area contributed by atoms with Gasteiger partial charge in [-0.05, 0) is 13.3 Å². The van der Waals surface area contributed by atoms with E-state index in [2.05, 4.69) is 6.92 Å². The Kier molecular flexibility index (Phi) is 11.3. The standard InChI is InChI=1S/C14H31NO/c1-3-4-5-6-7-8-9-10-11-12-14(16)13(2)15/h13-14,16H,3-12,15H2,1-2H3/t13-,14+/m1/s1. The minimum absolute atomic E-state index is 0.0750. The summed E-state index contributed by atoms with van der Waals surface area (Å²) < 4.78 is 0. The molecule has 0 aliphatic carbocycles. The van der Waals surface area contributed by atoms with Crippen LogP contribution in [0.25, 0.3) is 0 Å². The van der Waals surface area contributed by atoms with Crippen molar-refractivity contribution in [2.75, 3.05) is 0 Å². The molecular formula is C14H31NO. The van der Waals surface area contributed by atoms with Crippen molar-refractivity contribution < 1.29 is 5.11 Å². The van der Waals surface area contributed by atoms with Gasteiger partial charge in [-0.3, -0.25) is 0 Å². The van der Waals surface area contributed by atoms with Gasteiger partial charge in [0.05, 0.1) is 6.10 Å². The van der Waals surface area contributed by atoms with E-state index in [0.29, 0.717) is 0 Å². The quantitative estimate of drug-likeness (QED) is 0.532. The second kappa shape index (κ2) is 11.4. The Bertz CT molecular complexity index is 137. The van der Waals surface area contributed by atoms with Gasteiger partial charge in [-0.1, -0.05) is 64.7 Å². The molecule has 0 unspecified atom stereocenters. The molecule has 0 rings (SSSR count). The molecule has 0 fully saturated rings. The summed E-state index contributed by atoms with van der Waals surface area (Å²) in [5.41, 5.74) is 5.59. The Morgan fingerprint density at radius 1 is 0.875 bits per heavy atom. The van der Waals surface area contributed by atoms with Gasteiger partial charge >= 0.3 is 0 Å². The lowest BCUT2D eigenvalue weighted by molar-refractivity contribution is 0.138. The molecule has 0 aromatic carbocycles. The summed E-state index contributed by atoms with van der Waals surface area (Å²) in [6.45, 7) is 4.13. The molecule has 0 saturated carbocycles. The maximum absolute atomic E-state index is 9.50. The molecule has 2 nitrogen and oxygen atoms in total. The first-order valence-electron chi connectivity index (χ1n) is 7.12. The molecule has 16 heavy (non-hydrogen) atoms. The molecule has 2 heteroatoms. The molecule has 3 N–H and O–H groups in total. The van der Waals surface area contributed by atoms with Gasteiger partial charge in [0.2, 0.25) is 0 Å². The Morgan fingerprint density at radius 3 is 1.75 bits per heavy atom. The van der Waals surface area contributed by atoms with E-state index in [1.54, 1.807) is 0 Å². The summed E-state index contributed by atoms with van der Waals surface area (Å²) in [6.07, 6.45) is 12.5. The van der Waals surface area contributed by atoms with Gasteiger partial charge in [-0.2, -0.15) is 0 Å². The van der Waals surface area contributed by atoms with Crippen LogP contribution >= 0.6 is 0 Å². The van der Waals surface area contributed by atoms with Crippen LogP contribution < -0.4 is 5.73 Å². The molecule has 98 valence electrons. The number of aliphatic hydroxyl groups is 1. The number of rotatable bonds is 11. The molecule has 0 heterocycles. The molecule has 2 atom stereocenters. The second-order valence-electron chi connectivity index (χ2n) is 5.04. The predicted octanol–water partition coefficient (Wildman–Crippen LogP) is 3.62. The summed E-state index contributed by atoms with van der Waals surface area (Å²) >= 11 is 0. The fourth-order valence-corrected chi connectivity index (χ4v) is 1.93. The van der Waals surface area contributed by atoms with Crippen LogP contribution in [-0.4, -0.2) is 17.3 Å². The summed E-state index contributed by atoms with van der Waals surface area (Å²) in [5.74, 6) is 0. The largest absolute Gasteiger partial charge is 0.392 e. The third kappa shape index (κ3) is 10.4. The highest BCUT2D eigenvalue weighted by Gasteiger charge is 2.07. The maximum atomic E-state index is 9.50. The van der Waals surface area contributed by atoms with E-state index in [1.165, 1.54) is 51.4 Å². The van der Waals surface area contributed by atoms with Crippen LogP contribution in [0.15, 0.2) is 0 Å². The molecular weight excluding hydrogens is 198 g/mol. The summed E-state index contributed by atoms with van der Waals surface area (Å²) in [7, 11) is 0. The van der Waals surface area contributed by atoms with Crippen molar-refractivity contribution in [3.8, 4) is 0 Å².